The van der Waals surface area contributed by atoms with Gasteiger partial charge in [0.2, 0.25) is 0 Å². The number of halogens is 1. The molecule has 2 aliphatic heterocycles. The summed E-state index contributed by atoms with van der Waals surface area (Å²) >= 11 is 1.44. The number of aromatic nitrogens is 3. The molecule has 0 bridgehead atoms. The molecule has 1 spiro atoms. The minimum atomic E-state index is -0.278. The fourth-order valence-electron chi connectivity index (χ4n) is 4.50. The lowest BCUT2D eigenvalue weighted by atomic mass is 9.82. The predicted octanol–water partition coefficient (Wildman–Crippen LogP) is 3.16. The van der Waals surface area contributed by atoms with E-state index in [1.807, 2.05) is 22.7 Å². The third-order valence-corrected chi connectivity index (χ3v) is 7.31. The summed E-state index contributed by atoms with van der Waals surface area (Å²) in [5.74, 6) is -0.511. The number of benzene rings is 1. The molecule has 5 heterocycles. The lowest BCUT2D eigenvalue weighted by molar-refractivity contribution is -0.101. The molecule has 0 radical (unpaired) electrons. The molecule has 31 heavy (non-hydrogen) atoms. The van der Waals surface area contributed by atoms with E-state index in [0.717, 1.165) is 46.9 Å². The summed E-state index contributed by atoms with van der Waals surface area (Å²) in [4.78, 5) is 21.4. The van der Waals surface area contributed by atoms with Crippen molar-refractivity contribution in [2.75, 3.05) is 26.8 Å². The highest BCUT2D eigenvalue weighted by atomic mass is 32.1. The molecule has 1 atom stereocenters. The van der Waals surface area contributed by atoms with Gasteiger partial charge in [0.1, 0.15) is 11.5 Å². The molecule has 9 heteroatoms. The smallest absolute Gasteiger partial charge is 0.269 e. The van der Waals surface area contributed by atoms with Crippen LogP contribution in [0.15, 0.2) is 36.7 Å². The second kappa shape index (κ2) is 6.81. The Balaban J connectivity index is 1.32. The SMILES string of the molecule is CNC(=O)c1cc2sc3nc(-c4ccc(C5CC6(CN5)COC6)cc4F)cn3c2cn1. The Morgan fingerprint density at radius 1 is 1.39 bits per heavy atom. The minimum absolute atomic E-state index is 0.155. The zero-order valence-corrected chi connectivity index (χ0v) is 17.6. The van der Waals surface area contributed by atoms with E-state index in [9.17, 15) is 4.79 Å². The largest absolute Gasteiger partial charge is 0.380 e. The predicted molar refractivity (Wildman–Crippen MR) is 116 cm³/mol. The van der Waals surface area contributed by atoms with Crippen LogP contribution in [0.5, 0.6) is 0 Å². The summed E-state index contributed by atoms with van der Waals surface area (Å²) in [6, 6.07) is 7.32. The topological polar surface area (TPSA) is 80.5 Å². The third kappa shape index (κ3) is 2.95. The highest BCUT2D eigenvalue weighted by molar-refractivity contribution is 7.23. The molecule has 2 fully saturated rings. The summed E-state index contributed by atoms with van der Waals surface area (Å²) in [6.07, 6.45) is 4.45. The van der Waals surface area contributed by atoms with E-state index in [1.165, 1.54) is 11.3 Å². The summed E-state index contributed by atoms with van der Waals surface area (Å²) in [6.45, 7) is 2.49. The molecule has 3 aromatic heterocycles. The zero-order valence-electron chi connectivity index (χ0n) is 16.8. The van der Waals surface area contributed by atoms with Crippen molar-refractivity contribution in [1.29, 1.82) is 0 Å². The van der Waals surface area contributed by atoms with Crippen LogP contribution in [0.4, 0.5) is 4.39 Å². The van der Waals surface area contributed by atoms with Gasteiger partial charge in [0, 0.05) is 36.8 Å². The van der Waals surface area contributed by atoms with Crippen molar-refractivity contribution in [3.05, 3.63) is 53.7 Å². The van der Waals surface area contributed by atoms with Crippen LogP contribution in [-0.4, -0.2) is 47.1 Å². The van der Waals surface area contributed by atoms with E-state index in [1.54, 1.807) is 25.4 Å². The van der Waals surface area contributed by atoms with Crippen molar-refractivity contribution in [1.82, 2.24) is 25.0 Å². The number of rotatable bonds is 3. The van der Waals surface area contributed by atoms with Crippen LogP contribution in [0.1, 0.15) is 28.5 Å². The fourth-order valence-corrected chi connectivity index (χ4v) is 5.52. The number of fused-ring (bicyclic) bond motifs is 3. The van der Waals surface area contributed by atoms with Crippen LogP contribution in [0.25, 0.3) is 26.4 Å². The molecule has 7 nitrogen and oxygen atoms in total. The number of carbonyl (C=O) groups excluding carboxylic acids is 1. The maximum absolute atomic E-state index is 15.1. The summed E-state index contributed by atoms with van der Waals surface area (Å²) in [5, 5.41) is 6.08. The first-order valence-corrected chi connectivity index (χ1v) is 11.0. The number of nitrogens with zero attached hydrogens (tertiary/aromatic N) is 3. The van der Waals surface area contributed by atoms with Gasteiger partial charge in [-0.25, -0.2) is 14.4 Å². The Labute approximate surface area is 181 Å². The summed E-state index contributed by atoms with van der Waals surface area (Å²) in [5.41, 5.74) is 3.44. The van der Waals surface area contributed by atoms with Crippen molar-refractivity contribution in [2.24, 2.45) is 5.41 Å². The summed E-state index contributed by atoms with van der Waals surface area (Å²) < 4.78 is 23.2. The molecule has 2 N–H and O–H groups in total. The molecule has 2 aliphatic rings. The number of nitrogens with one attached hydrogen (secondary N) is 2. The van der Waals surface area contributed by atoms with Crippen molar-refractivity contribution < 1.29 is 13.9 Å². The highest BCUT2D eigenvalue weighted by Crippen LogP contribution is 2.42. The maximum atomic E-state index is 15.1. The van der Waals surface area contributed by atoms with Crippen molar-refractivity contribution in [2.45, 2.75) is 12.5 Å². The Kier molecular flexibility index (Phi) is 4.14. The van der Waals surface area contributed by atoms with E-state index in [-0.39, 0.29) is 23.2 Å². The van der Waals surface area contributed by atoms with Crippen LogP contribution < -0.4 is 10.6 Å². The Morgan fingerprint density at radius 3 is 2.97 bits per heavy atom. The van der Waals surface area contributed by atoms with Crippen LogP contribution in [0.2, 0.25) is 0 Å². The standard InChI is InChI=1S/C22H20FN5O2S/c1-24-20(29)15-5-19-18(7-25-15)28-8-17(27-21(28)31-19)13-3-2-12(4-14(13)23)16-6-22(9-26-16)10-30-11-22/h2-5,7-8,16,26H,6,9-11H2,1H3,(H,24,29). The van der Waals surface area contributed by atoms with Gasteiger partial charge in [-0.1, -0.05) is 17.4 Å². The molecule has 0 aliphatic carbocycles. The third-order valence-electron chi connectivity index (χ3n) is 6.29. The molecule has 2 saturated heterocycles. The first-order chi connectivity index (χ1) is 15.0. The lowest BCUT2D eigenvalue weighted by Gasteiger charge is -2.37. The number of hydrogen-bond acceptors (Lipinski definition) is 6. The second-order valence-corrected chi connectivity index (χ2v) is 9.38. The van der Waals surface area contributed by atoms with Crippen LogP contribution in [-0.2, 0) is 4.74 Å². The Morgan fingerprint density at radius 2 is 2.26 bits per heavy atom. The number of amides is 1. The molecule has 158 valence electrons. The van der Waals surface area contributed by atoms with Gasteiger partial charge < -0.3 is 15.4 Å². The number of imidazole rings is 1. The number of thiazole rings is 1. The fraction of sp³-hybridized carbons (Fsp3) is 0.318. The van der Waals surface area contributed by atoms with E-state index in [4.69, 9.17) is 4.74 Å². The normalized spacial score (nSPS) is 19.9. The number of ether oxygens (including phenoxy) is 1. The van der Waals surface area contributed by atoms with Gasteiger partial charge in [-0.2, -0.15) is 0 Å². The van der Waals surface area contributed by atoms with Gasteiger partial charge in [-0.3, -0.25) is 9.20 Å². The monoisotopic (exact) mass is 437 g/mol. The van der Waals surface area contributed by atoms with E-state index in [2.05, 4.69) is 20.6 Å². The van der Waals surface area contributed by atoms with Gasteiger partial charge in [0.05, 0.1) is 35.3 Å². The molecule has 0 saturated carbocycles. The average molecular weight is 438 g/mol. The van der Waals surface area contributed by atoms with E-state index < -0.39 is 0 Å². The van der Waals surface area contributed by atoms with E-state index in [0.29, 0.717) is 17.0 Å². The molecule has 1 aromatic carbocycles. The van der Waals surface area contributed by atoms with E-state index >= 15 is 4.39 Å². The molecular formula is C22H20FN5O2S. The van der Waals surface area contributed by atoms with Crippen molar-refractivity contribution >= 4 is 32.4 Å². The van der Waals surface area contributed by atoms with Crippen molar-refractivity contribution in [3.63, 3.8) is 0 Å². The number of carbonyl (C=O) groups is 1. The zero-order chi connectivity index (χ0) is 21.2. The first-order valence-electron chi connectivity index (χ1n) is 10.2. The van der Waals surface area contributed by atoms with Crippen LogP contribution in [0.3, 0.4) is 0 Å². The minimum Gasteiger partial charge on any atom is -0.380 e. The van der Waals surface area contributed by atoms with Crippen molar-refractivity contribution in [3.8, 4) is 11.3 Å². The lowest BCUT2D eigenvalue weighted by Crippen LogP contribution is -2.43. The second-order valence-electron chi connectivity index (χ2n) is 8.37. The van der Waals surface area contributed by atoms with Crippen LogP contribution in [0, 0.1) is 11.2 Å². The quantitative estimate of drug-likeness (QED) is 0.515. The van der Waals surface area contributed by atoms with Gasteiger partial charge in [0.25, 0.3) is 5.91 Å². The Hall–Kier alpha value is -2.88. The van der Waals surface area contributed by atoms with Gasteiger partial charge >= 0.3 is 0 Å². The van der Waals surface area contributed by atoms with Crippen LogP contribution >= 0.6 is 11.3 Å². The van der Waals surface area contributed by atoms with Gasteiger partial charge in [-0.05, 0) is 30.2 Å². The first kappa shape index (κ1) is 18.9. The number of hydrogen-bond donors (Lipinski definition) is 2. The molecule has 4 aromatic rings. The molecule has 1 amide bonds. The molecule has 6 rings (SSSR count). The average Bonchev–Trinajstić information content (AvgIpc) is 3.45. The molecular weight excluding hydrogens is 417 g/mol. The van der Waals surface area contributed by atoms with Gasteiger partial charge in [0.15, 0.2) is 4.96 Å². The van der Waals surface area contributed by atoms with Gasteiger partial charge in [-0.15, -0.1) is 0 Å². The maximum Gasteiger partial charge on any atom is 0.269 e. The highest BCUT2D eigenvalue weighted by Gasteiger charge is 2.45. The summed E-state index contributed by atoms with van der Waals surface area (Å²) in [7, 11) is 1.57. The Bertz CT molecular complexity index is 1340. The number of pyridine rings is 1. The molecule has 1 unspecified atom stereocenters.